The van der Waals surface area contributed by atoms with E-state index in [-0.39, 0.29) is 11.8 Å². The van der Waals surface area contributed by atoms with E-state index in [4.69, 9.17) is 9.84 Å². The van der Waals surface area contributed by atoms with Crippen molar-refractivity contribution in [1.29, 1.82) is 0 Å². The van der Waals surface area contributed by atoms with Crippen molar-refractivity contribution in [3.63, 3.8) is 0 Å². The number of amides is 1. The number of carboxylic acid groups (broad SMARTS) is 1. The molecule has 114 valence electrons. The Morgan fingerprint density at radius 3 is 2.67 bits per heavy atom. The Labute approximate surface area is 128 Å². The molecule has 0 aliphatic heterocycles. The van der Waals surface area contributed by atoms with Crippen LogP contribution in [-0.2, 0) is 16.1 Å². The lowest BCUT2D eigenvalue weighted by atomic mass is 10.2. The van der Waals surface area contributed by atoms with Gasteiger partial charge in [0.1, 0.15) is 5.75 Å². The number of carboxylic acids is 1. The Morgan fingerprint density at radius 1 is 1.43 bits per heavy atom. The Hall–Kier alpha value is -1.69. The zero-order valence-electron chi connectivity index (χ0n) is 12.3. The Bertz CT molecular complexity index is 561. The number of carbonyl (C=O) groups is 2. The van der Waals surface area contributed by atoms with E-state index in [9.17, 15) is 9.59 Å². The highest BCUT2D eigenvalue weighted by molar-refractivity contribution is 7.98. The average Bonchev–Trinajstić information content (AvgIpc) is 3.26. The third-order valence-electron chi connectivity index (χ3n) is 3.67. The normalized spacial score (nSPS) is 20.0. The maximum absolute atomic E-state index is 12.1. The molecule has 1 aliphatic rings. The molecule has 0 radical (unpaired) electrons. The Balaban J connectivity index is 2.01. The van der Waals surface area contributed by atoms with E-state index in [0.717, 1.165) is 16.2 Å². The first-order chi connectivity index (χ1) is 9.97. The van der Waals surface area contributed by atoms with Crippen molar-refractivity contribution >= 4 is 23.6 Å². The van der Waals surface area contributed by atoms with Crippen molar-refractivity contribution < 1.29 is 19.4 Å². The summed E-state index contributed by atoms with van der Waals surface area (Å²) in [7, 11) is 3.32. The first kappa shape index (κ1) is 15.7. The molecule has 2 rings (SSSR count). The van der Waals surface area contributed by atoms with Gasteiger partial charge in [0.15, 0.2) is 0 Å². The van der Waals surface area contributed by atoms with E-state index >= 15 is 0 Å². The van der Waals surface area contributed by atoms with Crippen LogP contribution in [0.1, 0.15) is 12.0 Å². The highest BCUT2D eigenvalue weighted by Gasteiger charge is 2.49. The lowest BCUT2D eigenvalue weighted by molar-refractivity contribution is -0.141. The van der Waals surface area contributed by atoms with Crippen LogP contribution in [0.5, 0.6) is 5.75 Å². The minimum Gasteiger partial charge on any atom is -0.496 e. The number of hydrogen-bond donors (Lipinski definition) is 1. The van der Waals surface area contributed by atoms with Crippen LogP contribution in [-0.4, -0.2) is 42.3 Å². The number of rotatable bonds is 6. The zero-order chi connectivity index (χ0) is 15.6. The first-order valence-electron chi connectivity index (χ1n) is 6.66. The number of carbonyl (C=O) groups excluding carboxylic acids is 1. The smallest absolute Gasteiger partial charge is 0.307 e. The fourth-order valence-electron chi connectivity index (χ4n) is 2.35. The molecule has 1 N–H and O–H groups in total. The first-order valence-corrected chi connectivity index (χ1v) is 7.89. The molecule has 1 amide bonds. The van der Waals surface area contributed by atoms with Gasteiger partial charge in [-0.25, -0.2) is 0 Å². The third kappa shape index (κ3) is 3.50. The van der Waals surface area contributed by atoms with Gasteiger partial charge in [-0.2, -0.15) is 0 Å². The quantitative estimate of drug-likeness (QED) is 0.815. The average molecular weight is 309 g/mol. The molecule has 2 atom stereocenters. The van der Waals surface area contributed by atoms with Gasteiger partial charge in [-0.05, 0) is 30.4 Å². The molecule has 0 heterocycles. The molecule has 1 aromatic carbocycles. The lowest BCUT2D eigenvalue weighted by Gasteiger charge is -2.18. The van der Waals surface area contributed by atoms with Crippen LogP contribution >= 0.6 is 11.8 Å². The Morgan fingerprint density at radius 2 is 2.14 bits per heavy atom. The van der Waals surface area contributed by atoms with Gasteiger partial charge < -0.3 is 14.7 Å². The molecule has 0 aromatic heterocycles. The molecule has 6 heteroatoms. The van der Waals surface area contributed by atoms with Gasteiger partial charge in [0, 0.05) is 18.5 Å². The van der Waals surface area contributed by atoms with Crippen LogP contribution in [0.25, 0.3) is 0 Å². The fourth-order valence-corrected chi connectivity index (χ4v) is 2.90. The maximum atomic E-state index is 12.1. The molecule has 1 saturated carbocycles. The number of aliphatic carboxylic acids is 1. The van der Waals surface area contributed by atoms with E-state index in [1.54, 1.807) is 30.8 Å². The summed E-state index contributed by atoms with van der Waals surface area (Å²) >= 11 is 1.60. The maximum Gasteiger partial charge on any atom is 0.307 e. The van der Waals surface area contributed by atoms with E-state index in [0.29, 0.717) is 13.0 Å². The largest absolute Gasteiger partial charge is 0.496 e. The third-order valence-corrected chi connectivity index (χ3v) is 4.45. The summed E-state index contributed by atoms with van der Waals surface area (Å²) in [5.74, 6) is -1.06. The molecule has 5 nitrogen and oxygen atoms in total. The molecular formula is C15H19NO4S. The van der Waals surface area contributed by atoms with Crippen LogP contribution in [0.3, 0.4) is 0 Å². The zero-order valence-corrected chi connectivity index (χ0v) is 13.1. The predicted octanol–water partition coefficient (Wildman–Crippen LogP) is 2.10. The highest BCUT2D eigenvalue weighted by Crippen LogP contribution is 2.40. The van der Waals surface area contributed by atoms with Crippen LogP contribution in [0.15, 0.2) is 23.1 Å². The van der Waals surface area contributed by atoms with Gasteiger partial charge in [0.05, 0.1) is 18.9 Å². The molecular weight excluding hydrogens is 290 g/mol. The number of hydrogen-bond acceptors (Lipinski definition) is 4. The summed E-state index contributed by atoms with van der Waals surface area (Å²) in [5, 5.41) is 8.88. The van der Waals surface area contributed by atoms with Gasteiger partial charge in [0.2, 0.25) is 5.91 Å². The standard InChI is InChI=1S/C15H19NO4S/c1-16(14(17)10-7-11(10)15(18)19)8-9-4-5-13(21-3)12(6-9)20-2/h4-6,10-11H,7-8H2,1-3H3,(H,18,19). The topological polar surface area (TPSA) is 66.8 Å². The van der Waals surface area contributed by atoms with Crippen LogP contribution in [0, 0.1) is 11.8 Å². The lowest BCUT2D eigenvalue weighted by Crippen LogP contribution is -2.28. The summed E-state index contributed by atoms with van der Waals surface area (Å²) < 4.78 is 5.33. The fraction of sp³-hybridized carbons (Fsp3) is 0.467. The number of ether oxygens (including phenoxy) is 1. The van der Waals surface area contributed by atoms with Gasteiger partial charge >= 0.3 is 5.97 Å². The number of methoxy groups -OCH3 is 1. The Kier molecular flexibility index (Phi) is 4.77. The molecule has 2 unspecified atom stereocenters. The van der Waals surface area contributed by atoms with Crippen molar-refractivity contribution in [2.75, 3.05) is 20.4 Å². The van der Waals surface area contributed by atoms with Crippen molar-refractivity contribution in [2.24, 2.45) is 11.8 Å². The summed E-state index contributed by atoms with van der Waals surface area (Å²) in [4.78, 5) is 25.6. The van der Waals surface area contributed by atoms with Gasteiger partial charge in [-0.15, -0.1) is 11.8 Å². The second-order valence-electron chi connectivity index (χ2n) is 5.17. The van der Waals surface area contributed by atoms with Crippen LogP contribution in [0.4, 0.5) is 0 Å². The van der Waals surface area contributed by atoms with Gasteiger partial charge in [-0.3, -0.25) is 9.59 Å². The minimum absolute atomic E-state index is 0.102. The summed E-state index contributed by atoms with van der Waals surface area (Å²) in [6.07, 6.45) is 2.43. The molecule has 1 aromatic rings. The second-order valence-corrected chi connectivity index (χ2v) is 6.02. The molecule has 1 aliphatic carbocycles. The van der Waals surface area contributed by atoms with Crippen molar-refractivity contribution in [2.45, 2.75) is 17.9 Å². The number of thioether (sulfide) groups is 1. The SMILES string of the molecule is COc1cc(CN(C)C(=O)C2CC2C(=O)O)ccc1SC. The van der Waals surface area contributed by atoms with E-state index in [2.05, 4.69) is 0 Å². The summed E-state index contributed by atoms with van der Waals surface area (Å²) in [6, 6.07) is 5.84. The second kappa shape index (κ2) is 6.39. The molecule has 0 bridgehead atoms. The molecule has 0 saturated heterocycles. The van der Waals surface area contributed by atoms with Crippen molar-refractivity contribution in [1.82, 2.24) is 4.90 Å². The van der Waals surface area contributed by atoms with E-state index < -0.39 is 11.9 Å². The molecule has 1 fully saturated rings. The van der Waals surface area contributed by atoms with Gasteiger partial charge in [-0.1, -0.05) is 6.07 Å². The summed E-state index contributed by atoms with van der Waals surface area (Å²) in [5.41, 5.74) is 0.966. The van der Waals surface area contributed by atoms with Gasteiger partial charge in [0.25, 0.3) is 0 Å². The van der Waals surface area contributed by atoms with Crippen LogP contribution < -0.4 is 4.74 Å². The van der Waals surface area contributed by atoms with Crippen LogP contribution in [0.2, 0.25) is 0 Å². The molecule has 0 spiro atoms. The van der Waals surface area contributed by atoms with E-state index in [1.807, 2.05) is 24.5 Å². The number of nitrogens with zero attached hydrogens (tertiary/aromatic N) is 1. The van der Waals surface area contributed by atoms with Crippen molar-refractivity contribution in [3.05, 3.63) is 23.8 Å². The van der Waals surface area contributed by atoms with Crippen molar-refractivity contribution in [3.8, 4) is 5.75 Å². The summed E-state index contributed by atoms with van der Waals surface area (Å²) in [6.45, 7) is 0.451. The molecule has 21 heavy (non-hydrogen) atoms. The monoisotopic (exact) mass is 309 g/mol. The van der Waals surface area contributed by atoms with E-state index in [1.165, 1.54) is 0 Å². The number of benzene rings is 1. The highest BCUT2D eigenvalue weighted by atomic mass is 32.2. The predicted molar refractivity (Wildman–Crippen MR) is 80.5 cm³/mol. The minimum atomic E-state index is -0.882.